The first-order chi connectivity index (χ1) is 10.3. The Kier molecular flexibility index (Phi) is 3.67. The molecule has 0 aliphatic carbocycles. The third kappa shape index (κ3) is 1.98. The van der Waals surface area contributed by atoms with E-state index in [0.29, 0.717) is 8.95 Å². The van der Waals surface area contributed by atoms with Gasteiger partial charge in [-0.05, 0) is 31.9 Å². The molecule has 0 unspecified atom stereocenters. The molecule has 0 radical (unpaired) electrons. The van der Waals surface area contributed by atoms with Crippen LogP contribution >= 0.6 is 55.1 Å². The van der Waals surface area contributed by atoms with Gasteiger partial charge in [0.1, 0.15) is 21.5 Å². The van der Waals surface area contributed by atoms with E-state index in [1.165, 1.54) is 0 Å². The van der Waals surface area contributed by atoms with Crippen molar-refractivity contribution in [1.29, 1.82) is 0 Å². The number of pyridine rings is 2. The number of H-pyrrole nitrogens is 2. The first-order valence-corrected chi connectivity index (χ1v) is 7.95. The van der Waals surface area contributed by atoms with E-state index < -0.39 is 32.7 Å². The molecule has 4 N–H and O–H groups in total. The maximum Gasteiger partial charge on any atom is 0.271 e. The van der Waals surface area contributed by atoms with Crippen molar-refractivity contribution >= 4 is 76.9 Å². The van der Waals surface area contributed by atoms with Crippen molar-refractivity contribution < 1.29 is 10.2 Å². The second-order valence-electron chi connectivity index (χ2n) is 4.36. The molecule has 0 aliphatic rings. The normalized spacial score (nSPS) is 11.5. The molecule has 0 atom stereocenters. The van der Waals surface area contributed by atoms with Crippen molar-refractivity contribution in [3.8, 4) is 11.5 Å². The van der Waals surface area contributed by atoms with Crippen LogP contribution in [0.3, 0.4) is 0 Å². The van der Waals surface area contributed by atoms with E-state index in [-0.39, 0.29) is 21.8 Å². The molecule has 114 valence electrons. The molecule has 2 heterocycles. The monoisotopic (exact) mass is 468 g/mol. The van der Waals surface area contributed by atoms with E-state index >= 15 is 0 Å². The highest BCUT2D eigenvalue weighted by molar-refractivity contribution is 9.13. The van der Waals surface area contributed by atoms with Gasteiger partial charge in [-0.1, -0.05) is 23.2 Å². The van der Waals surface area contributed by atoms with E-state index in [1.807, 2.05) is 0 Å². The van der Waals surface area contributed by atoms with Gasteiger partial charge in [0, 0.05) is 0 Å². The number of aromatic nitrogens is 2. The summed E-state index contributed by atoms with van der Waals surface area (Å²) in [5.41, 5.74) is -1.03. The first-order valence-electron chi connectivity index (χ1n) is 5.61. The van der Waals surface area contributed by atoms with Gasteiger partial charge < -0.3 is 20.2 Å². The van der Waals surface area contributed by atoms with Gasteiger partial charge in [0.05, 0.1) is 30.8 Å². The fourth-order valence-electron chi connectivity index (χ4n) is 2.17. The fraction of sp³-hybridized carbons (Fsp3) is 0. The van der Waals surface area contributed by atoms with Gasteiger partial charge in [-0.15, -0.1) is 0 Å². The molecule has 3 rings (SSSR count). The summed E-state index contributed by atoms with van der Waals surface area (Å²) < 4.78 is 0.716. The quantitative estimate of drug-likeness (QED) is 0.376. The van der Waals surface area contributed by atoms with Crippen LogP contribution in [0.1, 0.15) is 0 Å². The van der Waals surface area contributed by atoms with Gasteiger partial charge in [-0.3, -0.25) is 9.59 Å². The molecule has 1 aromatic carbocycles. The highest BCUT2D eigenvalue weighted by atomic mass is 79.9. The second kappa shape index (κ2) is 5.16. The maximum atomic E-state index is 11.7. The van der Waals surface area contributed by atoms with Crippen LogP contribution in [-0.4, -0.2) is 20.2 Å². The minimum Gasteiger partial charge on any atom is -0.505 e. The molecule has 0 fully saturated rings. The summed E-state index contributed by atoms with van der Waals surface area (Å²) in [6, 6.07) is 0. The summed E-state index contributed by atoms with van der Waals surface area (Å²) in [4.78, 5) is 28.4. The fourth-order valence-corrected chi connectivity index (χ4v) is 3.44. The van der Waals surface area contributed by atoms with Crippen LogP contribution in [0.5, 0.6) is 11.5 Å². The Morgan fingerprint density at radius 1 is 0.773 bits per heavy atom. The summed E-state index contributed by atoms with van der Waals surface area (Å²) in [6.45, 7) is 0. The number of aromatic hydroxyl groups is 2. The smallest absolute Gasteiger partial charge is 0.271 e. The van der Waals surface area contributed by atoms with Crippen LogP contribution in [0.25, 0.3) is 21.8 Å². The van der Waals surface area contributed by atoms with Gasteiger partial charge in [-0.2, -0.15) is 0 Å². The lowest BCUT2D eigenvalue weighted by Crippen LogP contribution is -2.10. The average Bonchev–Trinajstić information content (AvgIpc) is 2.48. The average molecular weight is 471 g/mol. The standard InChI is InChI=1S/C12H4Br2Cl2N2O4/c13-3-4(14)8-2(10(20)6(16)12(22)18-8)1-7(3)17-11(21)5(15)9(1)19/h(H2,17,19,21)(H2,18,20,22). The number of hydrogen-bond donors (Lipinski definition) is 4. The van der Waals surface area contributed by atoms with Crippen molar-refractivity contribution in [2.75, 3.05) is 0 Å². The van der Waals surface area contributed by atoms with E-state index in [4.69, 9.17) is 23.2 Å². The molecule has 10 heteroatoms. The topological polar surface area (TPSA) is 106 Å². The summed E-state index contributed by atoms with van der Waals surface area (Å²) >= 11 is 18.0. The lowest BCUT2D eigenvalue weighted by atomic mass is 10.1. The zero-order valence-corrected chi connectivity index (χ0v) is 14.9. The number of rotatable bonds is 0. The summed E-state index contributed by atoms with van der Waals surface area (Å²) in [5.74, 6) is -1.06. The molecule has 3 aromatic rings. The van der Waals surface area contributed by atoms with Crippen LogP contribution in [0.2, 0.25) is 10.0 Å². The summed E-state index contributed by atoms with van der Waals surface area (Å²) in [6.07, 6.45) is 0. The molecule has 0 saturated carbocycles. The third-order valence-electron chi connectivity index (χ3n) is 3.15. The van der Waals surface area contributed by atoms with Crippen molar-refractivity contribution in [2.45, 2.75) is 0 Å². The molecule has 6 nitrogen and oxygen atoms in total. The Morgan fingerprint density at radius 3 is 1.41 bits per heavy atom. The van der Waals surface area contributed by atoms with Gasteiger partial charge in [-0.25, -0.2) is 0 Å². The van der Waals surface area contributed by atoms with Gasteiger partial charge >= 0.3 is 0 Å². The van der Waals surface area contributed by atoms with E-state index in [2.05, 4.69) is 41.8 Å². The number of fused-ring (bicyclic) bond motifs is 3. The van der Waals surface area contributed by atoms with Gasteiger partial charge in [0.2, 0.25) is 0 Å². The molecular formula is C12H4Br2Cl2N2O4. The Balaban J connectivity index is 2.84. The zero-order valence-electron chi connectivity index (χ0n) is 10.2. The van der Waals surface area contributed by atoms with Crippen LogP contribution in [0.4, 0.5) is 0 Å². The molecule has 0 bridgehead atoms. The zero-order chi connectivity index (χ0) is 16.3. The van der Waals surface area contributed by atoms with Gasteiger partial charge in [0.25, 0.3) is 11.1 Å². The number of aromatic amines is 2. The molecule has 0 aliphatic heterocycles. The minimum absolute atomic E-state index is 0.0466. The molecule has 0 spiro atoms. The molecular weight excluding hydrogens is 467 g/mol. The Bertz CT molecular complexity index is 1000. The molecule has 22 heavy (non-hydrogen) atoms. The van der Waals surface area contributed by atoms with Crippen molar-refractivity contribution in [3.63, 3.8) is 0 Å². The second-order valence-corrected chi connectivity index (χ2v) is 6.70. The first kappa shape index (κ1) is 15.7. The minimum atomic E-state index is -0.700. The van der Waals surface area contributed by atoms with E-state index in [0.717, 1.165) is 0 Å². The predicted molar refractivity (Wildman–Crippen MR) is 91.4 cm³/mol. The highest BCUT2D eigenvalue weighted by Crippen LogP contribution is 2.45. The molecule has 2 aromatic heterocycles. The Hall–Kier alpha value is -1.22. The van der Waals surface area contributed by atoms with Crippen molar-refractivity contribution in [1.82, 2.24) is 9.97 Å². The van der Waals surface area contributed by atoms with Crippen LogP contribution in [-0.2, 0) is 0 Å². The summed E-state index contributed by atoms with van der Waals surface area (Å²) in [7, 11) is 0. The highest BCUT2D eigenvalue weighted by Gasteiger charge is 2.23. The molecule has 0 amide bonds. The number of hydrogen-bond acceptors (Lipinski definition) is 4. The van der Waals surface area contributed by atoms with Crippen molar-refractivity contribution in [2.24, 2.45) is 0 Å². The predicted octanol–water partition coefficient (Wildman–Crippen LogP) is 3.61. The SMILES string of the molecule is O=c1[nH]c2c(Br)c(Br)c3[nH]c(=O)c(Cl)c(O)c3c2c(O)c1Cl. The largest absolute Gasteiger partial charge is 0.505 e. The summed E-state index contributed by atoms with van der Waals surface area (Å²) in [5, 5.41) is 19.6. The third-order valence-corrected chi connectivity index (χ3v) is 5.97. The Labute approximate surface area is 147 Å². The van der Waals surface area contributed by atoms with E-state index in [9.17, 15) is 19.8 Å². The number of benzene rings is 1. The van der Waals surface area contributed by atoms with Gasteiger partial charge in [0.15, 0.2) is 0 Å². The molecule has 0 saturated heterocycles. The van der Waals surface area contributed by atoms with Crippen LogP contribution in [0.15, 0.2) is 18.5 Å². The lowest BCUT2D eigenvalue weighted by Gasteiger charge is -2.13. The Morgan fingerprint density at radius 2 is 1.09 bits per heavy atom. The van der Waals surface area contributed by atoms with Crippen molar-refractivity contribution in [3.05, 3.63) is 39.7 Å². The number of nitrogens with one attached hydrogen (secondary N) is 2. The van der Waals surface area contributed by atoms with Crippen LogP contribution < -0.4 is 11.1 Å². The van der Waals surface area contributed by atoms with E-state index in [1.54, 1.807) is 0 Å². The maximum absolute atomic E-state index is 11.7. The van der Waals surface area contributed by atoms with Crippen LogP contribution in [0, 0.1) is 0 Å². The lowest BCUT2D eigenvalue weighted by molar-refractivity contribution is 0.476. The number of halogens is 4.